The highest BCUT2D eigenvalue weighted by Gasteiger charge is 2.30. The number of benzene rings is 1. The van der Waals surface area contributed by atoms with Crippen LogP contribution in [0.3, 0.4) is 0 Å². The van der Waals surface area contributed by atoms with Crippen molar-refractivity contribution in [2.24, 2.45) is 5.73 Å². The Bertz CT molecular complexity index is 447. The van der Waals surface area contributed by atoms with Crippen molar-refractivity contribution in [3.63, 3.8) is 0 Å². The van der Waals surface area contributed by atoms with E-state index in [1.807, 2.05) is 31.2 Å². The van der Waals surface area contributed by atoms with Crippen molar-refractivity contribution >= 4 is 5.91 Å². The zero-order valence-electron chi connectivity index (χ0n) is 12.0. The van der Waals surface area contributed by atoms with Crippen molar-refractivity contribution in [1.82, 2.24) is 5.32 Å². The molecule has 1 amide bonds. The fraction of sp³-hybridized carbons (Fsp3) is 0.533. The zero-order chi connectivity index (χ0) is 14.5. The molecule has 1 saturated heterocycles. The lowest BCUT2D eigenvalue weighted by Crippen LogP contribution is -2.36. The first-order chi connectivity index (χ1) is 9.63. The third kappa shape index (κ3) is 3.49. The Morgan fingerprint density at radius 1 is 1.45 bits per heavy atom. The summed E-state index contributed by atoms with van der Waals surface area (Å²) in [6.07, 6.45) is 1.24. The molecule has 110 valence electrons. The van der Waals surface area contributed by atoms with Crippen molar-refractivity contribution in [3.05, 3.63) is 29.8 Å². The van der Waals surface area contributed by atoms with E-state index in [4.69, 9.17) is 15.2 Å². The first-order valence-electron chi connectivity index (χ1n) is 6.94. The highest BCUT2D eigenvalue weighted by Crippen LogP contribution is 2.21. The molecule has 2 rings (SSSR count). The lowest BCUT2D eigenvalue weighted by molar-refractivity contribution is -0.132. The molecule has 5 heteroatoms. The molecule has 1 unspecified atom stereocenters. The molecule has 0 radical (unpaired) electrons. The van der Waals surface area contributed by atoms with Crippen molar-refractivity contribution in [1.29, 1.82) is 0 Å². The molecule has 1 heterocycles. The van der Waals surface area contributed by atoms with Crippen molar-refractivity contribution < 1.29 is 14.3 Å². The molecular weight excluding hydrogens is 256 g/mol. The first-order valence-corrected chi connectivity index (χ1v) is 6.94. The molecule has 20 heavy (non-hydrogen) atoms. The summed E-state index contributed by atoms with van der Waals surface area (Å²) in [5, 5.41) is 2.97. The molecule has 1 aromatic carbocycles. The highest BCUT2D eigenvalue weighted by molar-refractivity contribution is 5.81. The van der Waals surface area contributed by atoms with Crippen LogP contribution in [0.5, 0.6) is 5.75 Å². The van der Waals surface area contributed by atoms with Crippen LogP contribution < -0.4 is 15.8 Å². The third-order valence-corrected chi connectivity index (χ3v) is 3.64. The molecule has 0 aliphatic carbocycles. The maximum Gasteiger partial charge on any atom is 0.249 e. The molecule has 0 bridgehead atoms. The van der Waals surface area contributed by atoms with Gasteiger partial charge in [-0.05, 0) is 37.5 Å². The molecule has 1 fully saturated rings. The summed E-state index contributed by atoms with van der Waals surface area (Å²) in [5.74, 6) is 0.737. The van der Waals surface area contributed by atoms with Crippen LogP contribution in [0.25, 0.3) is 0 Å². The minimum Gasteiger partial charge on any atom is -0.497 e. The summed E-state index contributed by atoms with van der Waals surface area (Å²) in [5.41, 5.74) is 6.58. The summed E-state index contributed by atoms with van der Waals surface area (Å²) in [7, 11) is 1.63. The second-order valence-electron chi connectivity index (χ2n) is 5.06. The number of hydrogen-bond donors (Lipinski definition) is 2. The molecular formula is C15H22N2O3. The van der Waals surface area contributed by atoms with Gasteiger partial charge in [-0.15, -0.1) is 0 Å². The number of carbonyl (C=O) groups is 1. The van der Waals surface area contributed by atoms with Gasteiger partial charge in [-0.1, -0.05) is 12.1 Å². The number of nitrogens with two attached hydrogens (primary N) is 1. The van der Waals surface area contributed by atoms with Gasteiger partial charge in [0, 0.05) is 6.54 Å². The van der Waals surface area contributed by atoms with E-state index < -0.39 is 0 Å². The fourth-order valence-electron chi connectivity index (χ4n) is 2.35. The standard InChI is InChI=1S/C15H22N2O3/c1-10(11-3-5-12(19-2)6-4-11)17-15(18)14-8-7-13(9-16)20-14/h3-6,10,13-14H,7-9,16H2,1-2H3,(H,17,18)/t10?,13-,14+/m1/s1. The second kappa shape index (κ2) is 6.72. The predicted octanol–water partition coefficient (Wildman–Crippen LogP) is 1.38. The van der Waals surface area contributed by atoms with Crippen LogP contribution >= 0.6 is 0 Å². The molecule has 1 aliphatic rings. The zero-order valence-corrected chi connectivity index (χ0v) is 12.0. The number of hydrogen-bond acceptors (Lipinski definition) is 4. The number of nitrogens with one attached hydrogen (secondary N) is 1. The third-order valence-electron chi connectivity index (χ3n) is 3.64. The normalized spacial score (nSPS) is 23.4. The lowest BCUT2D eigenvalue weighted by Gasteiger charge is -2.18. The number of amides is 1. The van der Waals surface area contributed by atoms with Crippen LogP contribution in [0, 0.1) is 0 Å². The van der Waals surface area contributed by atoms with Crippen LogP contribution in [-0.4, -0.2) is 31.8 Å². The Morgan fingerprint density at radius 2 is 2.15 bits per heavy atom. The average molecular weight is 278 g/mol. The summed E-state index contributed by atoms with van der Waals surface area (Å²) in [4.78, 5) is 12.1. The van der Waals surface area contributed by atoms with E-state index in [9.17, 15) is 4.79 Å². The van der Waals surface area contributed by atoms with Crippen LogP contribution in [0.15, 0.2) is 24.3 Å². The van der Waals surface area contributed by atoms with Crippen LogP contribution in [0.4, 0.5) is 0 Å². The molecule has 0 spiro atoms. The van der Waals surface area contributed by atoms with Crippen LogP contribution in [0.1, 0.15) is 31.4 Å². The van der Waals surface area contributed by atoms with Gasteiger partial charge in [-0.25, -0.2) is 0 Å². The molecule has 5 nitrogen and oxygen atoms in total. The van der Waals surface area contributed by atoms with Gasteiger partial charge in [0.05, 0.1) is 19.3 Å². The number of ether oxygens (including phenoxy) is 2. The Kier molecular flexibility index (Phi) is 4.98. The van der Waals surface area contributed by atoms with Gasteiger partial charge in [0.2, 0.25) is 5.91 Å². The Balaban J connectivity index is 1.90. The maximum atomic E-state index is 12.1. The fourth-order valence-corrected chi connectivity index (χ4v) is 2.35. The quantitative estimate of drug-likeness (QED) is 0.853. The minimum absolute atomic E-state index is 0.0158. The van der Waals surface area contributed by atoms with E-state index in [1.165, 1.54) is 0 Å². The molecule has 0 saturated carbocycles. The van der Waals surface area contributed by atoms with Gasteiger partial charge >= 0.3 is 0 Å². The summed E-state index contributed by atoms with van der Waals surface area (Å²) < 4.78 is 10.7. The Hall–Kier alpha value is -1.59. The van der Waals surface area contributed by atoms with Crippen molar-refractivity contribution in [2.45, 2.75) is 38.0 Å². The SMILES string of the molecule is COc1ccc(C(C)NC(=O)[C@@H]2CC[C@H](CN)O2)cc1. The monoisotopic (exact) mass is 278 g/mol. The largest absolute Gasteiger partial charge is 0.497 e. The molecule has 3 atom stereocenters. The van der Waals surface area contributed by atoms with E-state index in [0.29, 0.717) is 6.54 Å². The summed E-state index contributed by atoms with van der Waals surface area (Å²) in [6, 6.07) is 7.60. The van der Waals surface area contributed by atoms with Crippen LogP contribution in [0.2, 0.25) is 0 Å². The molecule has 0 aromatic heterocycles. The maximum absolute atomic E-state index is 12.1. The van der Waals surface area contributed by atoms with Gasteiger partial charge in [0.1, 0.15) is 11.9 Å². The first kappa shape index (κ1) is 14.8. The summed E-state index contributed by atoms with van der Waals surface area (Å²) >= 11 is 0. The van der Waals surface area contributed by atoms with E-state index in [1.54, 1.807) is 7.11 Å². The van der Waals surface area contributed by atoms with Crippen molar-refractivity contribution in [3.8, 4) is 5.75 Å². The number of rotatable bonds is 5. The predicted molar refractivity (Wildman–Crippen MR) is 76.5 cm³/mol. The van der Waals surface area contributed by atoms with Crippen LogP contribution in [-0.2, 0) is 9.53 Å². The van der Waals surface area contributed by atoms with Gasteiger partial charge in [0.25, 0.3) is 0 Å². The smallest absolute Gasteiger partial charge is 0.249 e. The van der Waals surface area contributed by atoms with E-state index in [2.05, 4.69) is 5.32 Å². The molecule has 1 aliphatic heterocycles. The topological polar surface area (TPSA) is 73.6 Å². The highest BCUT2D eigenvalue weighted by atomic mass is 16.5. The minimum atomic E-state index is -0.371. The van der Waals surface area contributed by atoms with Gasteiger partial charge in [0.15, 0.2) is 0 Å². The van der Waals surface area contributed by atoms with Gasteiger partial charge in [-0.2, -0.15) is 0 Å². The van der Waals surface area contributed by atoms with Gasteiger partial charge < -0.3 is 20.5 Å². The average Bonchev–Trinajstić information content (AvgIpc) is 2.96. The molecule has 3 N–H and O–H groups in total. The Labute approximate surface area is 119 Å². The number of methoxy groups -OCH3 is 1. The van der Waals surface area contributed by atoms with E-state index in [0.717, 1.165) is 24.2 Å². The number of carbonyl (C=O) groups excluding carboxylic acids is 1. The van der Waals surface area contributed by atoms with Crippen molar-refractivity contribution in [2.75, 3.05) is 13.7 Å². The van der Waals surface area contributed by atoms with Gasteiger partial charge in [-0.3, -0.25) is 4.79 Å². The lowest BCUT2D eigenvalue weighted by atomic mass is 10.1. The second-order valence-corrected chi connectivity index (χ2v) is 5.06. The van der Waals surface area contributed by atoms with E-state index >= 15 is 0 Å². The molecule has 1 aromatic rings. The van der Waals surface area contributed by atoms with E-state index in [-0.39, 0.29) is 24.2 Å². The summed E-state index contributed by atoms with van der Waals surface area (Å²) in [6.45, 7) is 2.42. The Morgan fingerprint density at radius 3 is 2.70 bits per heavy atom.